The average Bonchev–Trinajstić information content (AvgIpc) is 2.57. The monoisotopic (exact) mass is 433 g/mol. The number of amides is 1. The summed E-state index contributed by atoms with van der Waals surface area (Å²) in [5.41, 5.74) is 0.452. The molecule has 1 aliphatic rings. The van der Waals surface area contributed by atoms with Crippen molar-refractivity contribution >= 4 is 37.5 Å². The van der Waals surface area contributed by atoms with Gasteiger partial charge < -0.3 is 10.1 Å². The normalized spacial score (nSPS) is 15.8. The first-order valence-corrected chi connectivity index (χ1v) is 10.8. The lowest BCUT2D eigenvalue weighted by atomic mass is 10.3. The molecule has 1 N–H and O–H groups in total. The number of nitrogens with one attached hydrogen (secondary N) is 1. The maximum atomic E-state index is 12.2. The lowest BCUT2D eigenvalue weighted by Crippen LogP contribution is -2.42. The average molecular weight is 434 g/mol. The summed E-state index contributed by atoms with van der Waals surface area (Å²) in [7, 11) is -3.56. The molecule has 1 amide bonds. The number of nitrogens with zero attached hydrogens (tertiary/aromatic N) is 2. The number of hydrogen-bond acceptors (Lipinski definition) is 5. The third-order valence-electron chi connectivity index (χ3n) is 3.89. The third-order valence-corrected chi connectivity index (χ3v) is 5.68. The van der Waals surface area contributed by atoms with Gasteiger partial charge in [-0.15, -0.1) is 0 Å². The van der Waals surface area contributed by atoms with E-state index >= 15 is 0 Å². The van der Waals surface area contributed by atoms with Crippen LogP contribution in [0.2, 0.25) is 0 Å². The van der Waals surface area contributed by atoms with E-state index in [-0.39, 0.29) is 12.5 Å². The minimum Gasteiger partial charge on any atom is -0.379 e. The molecule has 2 rings (SSSR count). The second kappa shape index (κ2) is 9.51. The number of anilines is 1. The molecule has 140 valence electrons. The maximum Gasteiger partial charge on any atom is 0.240 e. The SMILES string of the molecule is CS(=O)(=O)N(CC(=O)NCCCN1CCOCC1)c1ccccc1Br. The standard InChI is InChI=1S/C16H24BrN3O4S/c1-25(22,23)20(15-6-3-2-5-14(15)17)13-16(21)18-7-4-8-19-9-11-24-12-10-19/h2-3,5-6H,4,7-13H2,1H3,(H,18,21). The van der Waals surface area contributed by atoms with Crippen molar-refractivity contribution in [2.45, 2.75) is 6.42 Å². The molecule has 1 aliphatic heterocycles. The molecule has 0 bridgehead atoms. The zero-order valence-corrected chi connectivity index (χ0v) is 16.7. The van der Waals surface area contributed by atoms with Crippen molar-refractivity contribution in [2.24, 2.45) is 0 Å². The Balaban J connectivity index is 1.84. The first-order valence-electron chi connectivity index (χ1n) is 8.17. The molecule has 7 nitrogen and oxygen atoms in total. The maximum absolute atomic E-state index is 12.2. The molecule has 0 aliphatic carbocycles. The molecule has 1 aromatic rings. The summed E-state index contributed by atoms with van der Waals surface area (Å²) < 4.78 is 31.2. The van der Waals surface area contributed by atoms with Gasteiger partial charge in [0.1, 0.15) is 6.54 Å². The highest BCUT2D eigenvalue weighted by molar-refractivity contribution is 9.10. The van der Waals surface area contributed by atoms with Gasteiger partial charge in [0.05, 0.1) is 25.2 Å². The van der Waals surface area contributed by atoms with Crippen LogP contribution >= 0.6 is 15.9 Å². The van der Waals surface area contributed by atoms with Crippen molar-refractivity contribution in [1.82, 2.24) is 10.2 Å². The smallest absolute Gasteiger partial charge is 0.240 e. The highest BCUT2D eigenvalue weighted by Crippen LogP contribution is 2.27. The molecule has 1 heterocycles. The van der Waals surface area contributed by atoms with E-state index in [9.17, 15) is 13.2 Å². The molecule has 0 atom stereocenters. The van der Waals surface area contributed by atoms with Gasteiger partial charge in [-0.3, -0.25) is 14.0 Å². The summed E-state index contributed by atoms with van der Waals surface area (Å²) >= 11 is 3.33. The van der Waals surface area contributed by atoms with E-state index in [1.807, 2.05) is 0 Å². The van der Waals surface area contributed by atoms with E-state index in [1.54, 1.807) is 24.3 Å². The van der Waals surface area contributed by atoms with Gasteiger partial charge in [-0.2, -0.15) is 0 Å². The minimum atomic E-state index is -3.56. The van der Waals surface area contributed by atoms with Gasteiger partial charge >= 0.3 is 0 Å². The number of halogens is 1. The summed E-state index contributed by atoms with van der Waals surface area (Å²) in [5.74, 6) is -0.317. The van der Waals surface area contributed by atoms with E-state index < -0.39 is 10.0 Å². The summed E-state index contributed by atoms with van der Waals surface area (Å²) in [6.07, 6.45) is 1.91. The van der Waals surface area contributed by atoms with Crippen LogP contribution in [0.25, 0.3) is 0 Å². The number of ether oxygens (including phenoxy) is 1. The van der Waals surface area contributed by atoms with Crippen LogP contribution in [-0.4, -0.2) is 71.4 Å². The zero-order chi connectivity index (χ0) is 18.3. The van der Waals surface area contributed by atoms with Crippen LogP contribution in [0.3, 0.4) is 0 Å². The topological polar surface area (TPSA) is 79.0 Å². The van der Waals surface area contributed by atoms with Gasteiger partial charge in [0.15, 0.2) is 0 Å². The summed E-state index contributed by atoms with van der Waals surface area (Å²) in [5, 5.41) is 2.80. The van der Waals surface area contributed by atoms with Crippen molar-refractivity contribution < 1.29 is 17.9 Å². The second-order valence-corrected chi connectivity index (χ2v) is 8.64. The van der Waals surface area contributed by atoms with Gasteiger partial charge in [-0.1, -0.05) is 12.1 Å². The predicted octanol–water partition coefficient (Wildman–Crippen LogP) is 1.05. The summed E-state index contributed by atoms with van der Waals surface area (Å²) in [4.78, 5) is 14.5. The molecule has 0 aromatic heterocycles. The second-order valence-electron chi connectivity index (χ2n) is 5.88. The van der Waals surface area contributed by atoms with Gasteiger partial charge in [0.2, 0.25) is 15.9 Å². The van der Waals surface area contributed by atoms with Gasteiger partial charge in [-0.25, -0.2) is 8.42 Å². The van der Waals surface area contributed by atoms with Crippen molar-refractivity contribution in [2.75, 3.05) is 56.5 Å². The molecule has 0 saturated carbocycles. The Morgan fingerprint density at radius 2 is 2.00 bits per heavy atom. The Hall–Kier alpha value is -1.16. The molecule has 25 heavy (non-hydrogen) atoms. The fourth-order valence-electron chi connectivity index (χ4n) is 2.58. The molecule has 0 unspecified atom stereocenters. The molecule has 0 spiro atoms. The number of rotatable bonds is 8. The van der Waals surface area contributed by atoms with Gasteiger partial charge in [0, 0.05) is 24.1 Å². The Kier molecular flexibility index (Phi) is 7.67. The number of sulfonamides is 1. The van der Waals surface area contributed by atoms with Crippen LogP contribution in [0.1, 0.15) is 6.42 Å². The molecule has 9 heteroatoms. The quantitative estimate of drug-likeness (QED) is 0.619. The fourth-order valence-corrected chi connectivity index (χ4v) is 4.06. The molecule has 1 aromatic carbocycles. The highest BCUT2D eigenvalue weighted by atomic mass is 79.9. The number of para-hydroxylation sites is 1. The van der Waals surface area contributed by atoms with Crippen LogP contribution in [0.15, 0.2) is 28.7 Å². The minimum absolute atomic E-state index is 0.237. The number of hydrogen-bond donors (Lipinski definition) is 1. The number of carbonyl (C=O) groups is 1. The molecule has 1 saturated heterocycles. The zero-order valence-electron chi connectivity index (χ0n) is 14.3. The molecular formula is C16H24BrN3O4S. The summed E-state index contributed by atoms with van der Waals surface area (Å²) in [6, 6.07) is 6.93. The van der Waals surface area contributed by atoms with Crippen LogP contribution < -0.4 is 9.62 Å². The van der Waals surface area contributed by atoms with Crippen LogP contribution in [0.5, 0.6) is 0 Å². The van der Waals surface area contributed by atoms with E-state index in [0.717, 1.165) is 49.8 Å². The summed E-state index contributed by atoms with van der Waals surface area (Å²) in [6.45, 7) is 4.51. The Morgan fingerprint density at radius 3 is 2.64 bits per heavy atom. The largest absolute Gasteiger partial charge is 0.379 e. The predicted molar refractivity (Wildman–Crippen MR) is 101 cm³/mol. The van der Waals surface area contributed by atoms with E-state index in [4.69, 9.17) is 4.74 Å². The highest BCUT2D eigenvalue weighted by Gasteiger charge is 2.22. The number of morpholine rings is 1. The lowest BCUT2D eigenvalue weighted by molar-refractivity contribution is -0.119. The number of benzene rings is 1. The Labute approximate surface area is 157 Å². The van der Waals surface area contributed by atoms with Gasteiger partial charge in [0.25, 0.3) is 0 Å². The van der Waals surface area contributed by atoms with Crippen molar-refractivity contribution in [3.8, 4) is 0 Å². The van der Waals surface area contributed by atoms with Gasteiger partial charge in [-0.05, 0) is 41.0 Å². The fraction of sp³-hybridized carbons (Fsp3) is 0.562. The number of carbonyl (C=O) groups excluding carboxylic acids is 1. The van der Waals surface area contributed by atoms with Crippen LogP contribution in [0.4, 0.5) is 5.69 Å². The van der Waals surface area contributed by atoms with E-state index in [2.05, 4.69) is 26.1 Å². The van der Waals surface area contributed by atoms with E-state index in [0.29, 0.717) is 16.7 Å². The van der Waals surface area contributed by atoms with Crippen molar-refractivity contribution in [1.29, 1.82) is 0 Å². The Bertz CT molecular complexity index is 678. The van der Waals surface area contributed by atoms with Crippen LogP contribution in [0, 0.1) is 0 Å². The third kappa shape index (κ3) is 6.58. The van der Waals surface area contributed by atoms with Crippen molar-refractivity contribution in [3.05, 3.63) is 28.7 Å². The molecule has 0 radical (unpaired) electrons. The van der Waals surface area contributed by atoms with E-state index in [1.165, 1.54) is 0 Å². The molecule has 1 fully saturated rings. The molecular weight excluding hydrogens is 410 g/mol. The lowest BCUT2D eigenvalue weighted by Gasteiger charge is -2.26. The van der Waals surface area contributed by atoms with Crippen LogP contribution in [-0.2, 0) is 19.6 Å². The first kappa shape index (κ1) is 20.2. The van der Waals surface area contributed by atoms with Crippen molar-refractivity contribution in [3.63, 3.8) is 0 Å². The first-order chi connectivity index (χ1) is 11.9. The Morgan fingerprint density at radius 1 is 1.32 bits per heavy atom.